The highest BCUT2D eigenvalue weighted by Crippen LogP contribution is 2.51. The fraction of sp³-hybridized carbons (Fsp3) is 0.400. The van der Waals surface area contributed by atoms with Gasteiger partial charge in [-0.05, 0) is 43.6 Å². The Morgan fingerprint density at radius 1 is 1.31 bits per heavy atom. The third-order valence-electron chi connectivity index (χ3n) is 5.34. The van der Waals surface area contributed by atoms with E-state index >= 15 is 0 Å². The number of carbonyl (C=O) groups excluding carboxylic acids is 1. The summed E-state index contributed by atoms with van der Waals surface area (Å²) in [5.41, 5.74) is 9.95. The Labute approximate surface area is 153 Å². The van der Waals surface area contributed by atoms with Crippen LogP contribution in [0.4, 0.5) is 5.69 Å². The van der Waals surface area contributed by atoms with Gasteiger partial charge in [-0.3, -0.25) is 9.78 Å². The molecule has 3 heterocycles. The van der Waals surface area contributed by atoms with Crippen molar-refractivity contribution in [3.8, 4) is 11.3 Å². The Morgan fingerprint density at radius 3 is 2.77 bits per heavy atom. The number of anilines is 1. The Hall–Kier alpha value is -2.44. The largest absolute Gasteiger partial charge is 0.399 e. The van der Waals surface area contributed by atoms with Gasteiger partial charge in [0.15, 0.2) is 6.10 Å². The number of aromatic nitrogens is 1. The van der Waals surface area contributed by atoms with Crippen LogP contribution in [0.1, 0.15) is 30.1 Å². The number of nitrogen functional groups attached to an aromatic ring is 1. The molecule has 4 rings (SSSR count). The van der Waals surface area contributed by atoms with Crippen molar-refractivity contribution in [3.63, 3.8) is 0 Å². The molecule has 6 nitrogen and oxygen atoms in total. The normalized spacial score (nSPS) is 20.8. The smallest absolute Gasteiger partial charge is 0.255 e. The predicted molar refractivity (Wildman–Crippen MR) is 100 cm³/mol. The van der Waals surface area contributed by atoms with Crippen molar-refractivity contribution in [2.45, 2.75) is 24.5 Å². The first kappa shape index (κ1) is 17.0. The van der Waals surface area contributed by atoms with Crippen molar-refractivity contribution >= 4 is 11.6 Å². The number of ether oxygens (including phenoxy) is 1. The predicted octanol–water partition coefficient (Wildman–Crippen LogP) is 2.07. The summed E-state index contributed by atoms with van der Waals surface area (Å²) in [4.78, 5) is 19.0. The van der Waals surface area contributed by atoms with Gasteiger partial charge >= 0.3 is 0 Å². The first-order chi connectivity index (χ1) is 12.5. The van der Waals surface area contributed by atoms with Crippen LogP contribution in [0, 0.1) is 0 Å². The highest BCUT2D eigenvalue weighted by Gasteiger charge is 2.49. The third-order valence-corrected chi connectivity index (χ3v) is 5.34. The summed E-state index contributed by atoms with van der Waals surface area (Å²) in [6.45, 7) is 1.76. The average Bonchev–Trinajstić information content (AvgIpc) is 2.96. The molecule has 2 aromatic rings. The maximum Gasteiger partial charge on any atom is 0.255 e. The van der Waals surface area contributed by atoms with Gasteiger partial charge in [-0.2, -0.15) is 0 Å². The number of nitrogens with zero attached hydrogens (tertiary/aromatic N) is 2. The van der Waals surface area contributed by atoms with E-state index in [-0.39, 0.29) is 5.91 Å². The lowest BCUT2D eigenvalue weighted by atomic mass is 9.82. The monoisotopic (exact) mass is 352 g/mol. The van der Waals surface area contributed by atoms with Gasteiger partial charge < -0.3 is 20.7 Å². The van der Waals surface area contributed by atoms with Crippen LogP contribution in [0.3, 0.4) is 0 Å². The molecule has 3 N–H and O–H groups in total. The lowest BCUT2D eigenvalue weighted by Gasteiger charge is -2.34. The van der Waals surface area contributed by atoms with Crippen molar-refractivity contribution in [3.05, 3.63) is 47.7 Å². The highest BCUT2D eigenvalue weighted by atomic mass is 16.5. The van der Waals surface area contributed by atoms with Crippen molar-refractivity contribution < 1.29 is 9.53 Å². The van der Waals surface area contributed by atoms with Crippen LogP contribution < -0.4 is 11.1 Å². The topological polar surface area (TPSA) is 80.5 Å². The Bertz CT molecular complexity index is 843. The molecule has 0 aliphatic carbocycles. The number of pyridine rings is 1. The molecule has 0 bridgehead atoms. The lowest BCUT2D eigenvalue weighted by Crippen LogP contribution is -2.40. The quantitative estimate of drug-likeness (QED) is 0.865. The number of hydrogen-bond donors (Lipinski definition) is 2. The van der Waals surface area contributed by atoms with Gasteiger partial charge in [0.05, 0.1) is 11.3 Å². The molecule has 6 heteroatoms. The van der Waals surface area contributed by atoms with Crippen molar-refractivity contribution in [1.82, 2.24) is 15.2 Å². The van der Waals surface area contributed by atoms with Crippen LogP contribution in [0.2, 0.25) is 0 Å². The molecule has 1 saturated heterocycles. The maximum absolute atomic E-state index is 12.9. The molecule has 2 aliphatic heterocycles. The van der Waals surface area contributed by atoms with Gasteiger partial charge in [0.2, 0.25) is 0 Å². The molecule has 1 atom stereocenters. The van der Waals surface area contributed by atoms with Crippen molar-refractivity contribution in [1.29, 1.82) is 0 Å². The molecule has 136 valence electrons. The minimum Gasteiger partial charge on any atom is -0.399 e. The average molecular weight is 352 g/mol. The lowest BCUT2D eigenvalue weighted by molar-refractivity contribution is -0.155. The fourth-order valence-electron chi connectivity index (χ4n) is 4.04. The Kier molecular flexibility index (Phi) is 4.17. The summed E-state index contributed by atoms with van der Waals surface area (Å²) >= 11 is 0. The molecule has 0 saturated carbocycles. The van der Waals surface area contributed by atoms with Crippen LogP contribution >= 0.6 is 0 Å². The number of likely N-dealkylation sites (N-methyl/N-ethyl adjacent to an activating group) is 1. The van der Waals surface area contributed by atoms with Crippen molar-refractivity contribution in [2.24, 2.45) is 0 Å². The van der Waals surface area contributed by atoms with Gasteiger partial charge in [-0.1, -0.05) is 18.2 Å². The molecule has 1 amide bonds. The zero-order valence-corrected chi connectivity index (χ0v) is 15.2. The number of nitrogens with one attached hydrogen (secondary N) is 1. The summed E-state index contributed by atoms with van der Waals surface area (Å²) in [6, 6.07) is 9.73. The molecule has 2 aliphatic rings. The molecular weight excluding hydrogens is 328 g/mol. The van der Waals surface area contributed by atoms with Crippen LogP contribution in [0.5, 0.6) is 0 Å². The highest BCUT2D eigenvalue weighted by molar-refractivity contribution is 5.87. The standard InChI is InChI=1S/C20H24N4O2/c1-24(2)19(25)18-17-14(16-12-13(21)6-9-23-16)4-3-5-15(17)20(26-18)7-10-22-11-8-20/h3-6,9,12,18,22H,7-8,10-11H2,1-2H3,(H2,21,23)/t18-/m1/s1. The summed E-state index contributed by atoms with van der Waals surface area (Å²) in [7, 11) is 3.53. The van der Waals surface area contributed by atoms with Gasteiger partial charge in [0, 0.05) is 37.1 Å². The number of hydrogen-bond acceptors (Lipinski definition) is 5. The molecule has 26 heavy (non-hydrogen) atoms. The first-order valence-corrected chi connectivity index (χ1v) is 8.97. The van der Waals surface area contributed by atoms with E-state index in [9.17, 15) is 4.79 Å². The van der Waals surface area contributed by atoms with E-state index in [4.69, 9.17) is 10.5 Å². The van der Waals surface area contributed by atoms with Crippen LogP contribution in [0.15, 0.2) is 36.5 Å². The van der Waals surface area contributed by atoms with E-state index < -0.39 is 11.7 Å². The number of rotatable bonds is 2. The number of benzene rings is 1. The number of nitrogens with two attached hydrogens (primary N) is 1. The molecule has 0 radical (unpaired) electrons. The van der Waals surface area contributed by atoms with Gasteiger partial charge in [0.1, 0.15) is 0 Å². The SMILES string of the molecule is CN(C)C(=O)[C@@H]1OC2(CCNCC2)c2cccc(-c3cc(N)ccn3)c21. The van der Waals surface area contributed by atoms with E-state index in [1.165, 1.54) is 0 Å². The molecule has 0 unspecified atom stereocenters. The fourth-order valence-corrected chi connectivity index (χ4v) is 4.04. The summed E-state index contributed by atoms with van der Waals surface area (Å²) in [6.07, 6.45) is 2.79. The third kappa shape index (κ3) is 2.66. The number of piperidine rings is 1. The van der Waals surface area contributed by atoms with Gasteiger partial charge in [-0.15, -0.1) is 0 Å². The number of amides is 1. The Balaban J connectivity index is 1.91. The minimum absolute atomic E-state index is 0.0435. The van der Waals surface area contributed by atoms with E-state index in [1.54, 1.807) is 31.3 Å². The van der Waals surface area contributed by atoms with Gasteiger partial charge in [-0.25, -0.2) is 0 Å². The second-order valence-corrected chi connectivity index (χ2v) is 7.22. The molecule has 1 aromatic heterocycles. The second-order valence-electron chi connectivity index (χ2n) is 7.22. The van der Waals surface area contributed by atoms with E-state index in [1.807, 2.05) is 18.2 Å². The summed E-state index contributed by atoms with van der Waals surface area (Å²) in [5, 5.41) is 3.38. The number of fused-ring (bicyclic) bond motifs is 2. The van der Waals surface area contributed by atoms with E-state index in [0.29, 0.717) is 5.69 Å². The number of carbonyl (C=O) groups is 1. The summed E-state index contributed by atoms with van der Waals surface area (Å²) < 4.78 is 6.49. The Morgan fingerprint density at radius 2 is 2.08 bits per heavy atom. The maximum atomic E-state index is 12.9. The van der Waals surface area contributed by atoms with Crippen LogP contribution in [-0.2, 0) is 15.1 Å². The molecule has 1 fully saturated rings. The van der Waals surface area contributed by atoms with E-state index in [2.05, 4.69) is 16.4 Å². The van der Waals surface area contributed by atoms with E-state index in [0.717, 1.165) is 48.3 Å². The zero-order valence-electron chi connectivity index (χ0n) is 15.2. The molecule has 1 aromatic carbocycles. The van der Waals surface area contributed by atoms with Gasteiger partial charge in [0.25, 0.3) is 5.91 Å². The molecule has 1 spiro atoms. The first-order valence-electron chi connectivity index (χ1n) is 8.97. The second kappa shape index (κ2) is 6.37. The van der Waals surface area contributed by atoms with Crippen LogP contribution in [0.25, 0.3) is 11.3 Å². The summed E-state index contributed by atoms with van der Waals surface area (Å²) in [5.74, 6) is -0.0435. The minimum atomic E-state index is -0.613. The zero-order chi connectivity index (χ0) is 18.3. The molecular formula is C20H24N4O2. The van der Waals surface area contributed by atoms with Crippen molar-refractivity contribution in [2.75, 3.05) is 32.9 Å². The van der Waals surface area contributed by atoms with Crippen LogP contribution in [-0.4, -0.2) is 43.0 Å².